The van der Waals surface area contributed by atoms with Crippen LogP contribution < -0.4 is 5.73 Å². The molecule has 1 aromatic carbocycles. The van der Waals surface area contributed by atoms with Gasteiger partial charge in [0.1, 0.15) is 0 Å². The summed E-state index contributed by atoms with van der Waals surface area (Å²) in [6, 6.07) is 10.7. The van der Waals surface area contributed by atoms with Crippen LogP contribution in [0, 0.1) is 0 Å². The third-order valence-electron chi connectivity index (χ3n) is 4.11. The Hall–Kier alpha value is -2.23. The van der Waals surface area contributed by atoms with Crippen LogP contribution in [0.25, 0.3) is 10.9 Å². The number of nitrogens with zero attached hydrogens (tertiary/aromatic N) is 3. The van der Waals surface area contributed by atoms with Crippen molar-refractivity contribution in [1.82, 2.24) is 14.3 Å². The summed E-state index contributed by atoms with van der Waals surface area (Å²) in [6.45, 7) is 5.21. The number of fused-ring (bicyclic) bond motifs is 1. The first-order valence-electron chi connectivity index (χ1n) is 7.59. The van der Waals surface area contributed by atoms with E-state index in [9.17, 15) is 0 Å². The van der Waals surface area contributed by atoms with Crippen LogP contribution in [0.4, 0.5) is 5.69 Å². The highest BCUT2D eigenvalue weighted by molar-refractivity contribution is 5.83. The molecular weight excluding hydrogens is 260 g/mol. The SMILES string of the molecule is CCC(CC)n1ccc(Cn2ccc3cc(N)ccc32)n1. The van der Waals surface area contributed by atoms with Gasteiger partial charge in [-0.25, -0.2) is 0 Å². The lowest BCUT2D eigenvalue weighted by molar-refractivity contribution is 0.425. The first-order chi connectivity index (χ1) is 10.2. The minimum Gasteiger partial charge on any atom is -0.399 e. The molecule has 0 aliphatic heterocycles. The van der Waals surface area contributed by atoms with Crippen LogP contribution in [0.1, 0.15) is 38.4 Å². The van der Waals surface area contributed by atoms with Crippen LogP contribution >= 0.6 is 0 Å². The number of hydrogen-bond donors (Lipinski definition) is 1. The number of anilines is 1. The Bertz CT molecular complexity index is 734. The molecule has 4 nitrogen and oxygen atoms in total. The topological polar surface area (TPSA) is 48.8 Å². The summed E-state index contributed by atoms with van der Waals surface area (Å²) in [6.07, 6.45) is 6.42. The predicted molar refractivity (Wildman–Crippen MR) is 87.3 cm³/mol. The van der Waals surface area contributed by atoms with Gasteiger partial charge in [-0.15, -0.1) is 0 Å². The van der Waals surface area contributed by atoms with E-state index in [2.05, 4.69) is 53.7 Å². The number of nitrogen functional groups attached to an aromatic ring is 1. The first kappa shape index (κ1) is 13.7. The average molecular weight is 282 g/mol. The van der Waals surface area contributed by atoms with Gasteiger partial charge in [0, 0.05) is 29.0 Å². The molecular formula is C17H22N4. The van der Waals surface area contributed by atoms with E-state index < -0.39 is 0 Å². The molecule has 0 bridgehead atoms. The fourth-order valence-electron chi connectivity index (χ4n) is 2.86. The Morgan fingerprint density at radius 1 is 1.10 bits per heavy atom. The lowest BCUT2D eigenvalue weighted by Gasteiger charge is -2.12. The van der Waals surface area contributed by atoms with Gasteiger partial charge >= 0.3 is 0 Å². The molecule has 0 saturated heterocycles. The number of nitrogens with two attached hydrogens (primary N) is 1. The van der Waals surface area contributed by atoms with Gasteiger partial charge < -0.3 is 10.3 Å². The molecule has 21 heavy (non-hydrogen) atoms. The maximum absolute atomic E-state index is 5.83. The summed E-state index contributed by atoms with van der Waals surface area (Å²) in [4.78, 5) is 0. The maximum atomic E-state index is 5.83. The standard InChI is InChI=1S/C17H22N4/c1-3-16(4-2)21-10-8-15(19-21)12-20-9-7-13-11-14(18)5-6-17(13)20/h5-11,16H,3-4,12,18H2,1-2H3. The lowest BCUT2D eigenvalue weighted by Crippen LogP contribution is -2.08. The normalized spacial score (nSPS) is 11.6. The molecule has 110 valence electrons. The number of aromatic nitrogens is 3. The highest BCUT2D eigenvalue weighted by atomic mass is 15.3. The molecule has 3 rings (SSSR count). The van der Waals surface area contributed by atoms with E-state index in [0.29, 0.717) is 6.04 Å². The minimum absolute atomic E-state index is 0.500. The monoisotopic (exact) mass is 282 g/mol. The van der Waals surface area contributed by atoms with Gasteiger partial charge in [-0.05, 0) is 43.2 Å². The number of hydrogen-bond acceptors (Lipinski definition) is 2. The molecule has 3 aromatic rings. The highest BCUT2D eigenvalue weighted by Gasteiger charge is 2.09. The molecule has 0 atom stereocenters. The molecule has 0 radical (unpaired) electrons. The van der Waals surface area contributed by atoms with Crippen LogP contribution in [0.2, 0.25) is 0 Å². The molecule has 0 aliphatic carbocycles. The van der Waals surface area contributed by atoms with E-state index in [1.54, 1.807) is 0 Å². The van der Waals surface area contributed by atoms with Crippen molar-refractivity contribution in [3.05, 3.63) is 48.4 Å². The molecule has 2 aromatic heterocycles. The van der Waals surface area contributed by atoms with E-state index in [0.717, 1.165) is 30.8 Å². The van der Waals surface area contributed by atoms with Gasteiger partial charge in [-0.2, -0.15) is 5.10 Å². The van der Waals surface area contributed by atoms with Crippen LogP contribution in [-0.4, -0.2) is 14.3 Å². The quantitative estimate of drug-likeness (QED) is 0.723. The largest absolute Gasteiger partial charge is 0.399 e. The van der Waals surface area contributed by atoms with Crippen LogP contribution in [-0.2, 0) is 6.54 Å². The molecule has 4 heteroatoms. The number of benzene rings is 1. The Kier molecular flexibility index (Phi) is 3.69. The third-order valence-corrected chi connectivity index (χ3v) is 4.11. The smallest absolute Gasteiger partial charge is 0.0821 e. The van der Waals surface area contributed by atoms with Crippen molar-refractivity contribution in [3.8, 4) is 0 Å². The summed E-state index contributed by atoms with van der Waals surface area (Å²) < 4.78 is 4.31. The van der Waals surface area contributed by atoms with Crippen LogP contribution in [0.15, 0.2) is 42.7 Å². The molecule has 0 unspecified atom stereocenters. The molecule has 0 spiro atoms. The second kappa shape index (κ2) is 5.64. The third kappa shape index (κ3) is 2.66. The van der Waals surface area contributed by atoms with E-state index in [1.807, 2.05) is 12.1 Å². The zero-order chi connectivity index (χ0) is 14.8. The van der Waals surface area contributed by atoms with Crippen molar-refractivity contribution < 1.29 is 0 Å². The van der Waals surface area contributed by atoms with Crippen LogP contribution in [0.3, 0.4) is 0 Å². The molecule has 0 saturated carbocycles. The predicted octanol–water partition coefficient (Wildman–Crippen LogP) is 3.83. The molecule has 2 N–H and O–H groups in total. The Morgan fingerprint density at radius 3 is 2.67 bits per heavy atom. The maximum Gasteiger partial charge on any atom is 0.0821 e. The molecule has 0 fully saturated rings. The van der Waals surface area contributed by atoms with Crippen molar-refractivity contribution in [2.24, 2.45) is 0 Å². The van der Waals surface area contributed by atoms with E-state index in [-0.39, 0.29) is 0 Å². The van der Waals surface area contributed by atoms with Gasteiger partial charge in [0.2, 0.25) is 0 Å². The Labute approximate surface area is 125 Å². The summed E-state index contributed by atoms with van der Waals surface area (Å²) in [7, 11) is 0. The van der Waals surface area contributed by atoms with E-state index in [4.69, 9.17) is 10.8 Å². The van der Waals surface area contributed by atoms with Crippen molar-refractivity contribution in [2.75, 3.05) is 5.73 Å². The highest BCUT2D eigenvalue weighted by Crippen LogP contribution is 2.20. The first-order valence-corrected chi connectivity index (χ1v) is 7.59. The van der Waals surface area contributed by atoms with Gasteiger partial charge in [-0.3, -0.25) is 4.68 Å². The van der Waals surface area contributed by atoms with Gasteiger partial charge in [0.25, 0.3) is 0 Å². The van der Waals surface area contributed by atoms with Crippen molar-refractivity contribution in [3.63, 3.8) is 0 Å². The number of rotatable bonds is 5. The zero-order valence-electron chi connectivity index (χ0n) is 12.7. The summed E-state index contributed by atoms with van der Waals surface area (Å²) in [5, 5.41) is 5.90. The van der Waals surface area contributed by atoms with Crippen LogP contribution in [0.5, 0.6) is 0 Å². The lowest BCUT2D eigenvalue weighted by atomic mass is 10.2. The summed E-state index contributed by atoms with van der Waals surface area (Å²) in [5.41, 5.74) is 8.92. The molecule has 2 heterocycles. The van der Waals surface area contributed by atoms with Crippen molar-refractivity contribution in [2.45, 2.75) is 39.3 Å². The van der Waals surface area contributed by atoms with E-state index >= 15 is 0 Å². The Balaban J connectivity index is 1.85. The van der Waals surface area contributed by atoms with Crippen molar-refractivity contribution in [1.29, 1.82) is 0 Å². The van der Waals surface area contributed by atoms with Gasteiger partial charge in [-0.1, -0.05) is 13.8 Å². The fourth-order valence-corrected chi connectivity index (χ4v) is 2.86. The van der Waals surface area contributed by atoms with E-state index in [1.165, 1.54) is 10.9 Å². The second-order valence-corrected chi connectivity index (χ2v) is 5.52. The minimum atomic E-state index is 0.500. The summed E-state index contributed by atoms with van der Waals surface area (Å²) >= 11 is 0. The second-order valence-electron chi connectivity index (χ2n) is 5.52. The fraction of sp³-hybridized carbons (Fsp3) is 0.353. The van der Waals surface area contributed by atoms with Gasteiger partial charge in [0.05, 0.1) is 18.3 Å². The van der Waals surface area contributed by atoms with Gasteiger partial charge in [0.15, 0.2) is 0 Å². The Morgan fingerprint density at radius 2 is 1.90 bits per heavy atom. The average Bonchev–Trinajstić information content (AvgIpc) is 3.08. The van der Waals surface area contributed by atoms with Crippen molar-refractivity contribution >= 4 is 16.6 Å². The summed E-state index contributed by atoms with van der Waals surface area (Å²) in [5.74, 6) is 0. The molecule has 0 aliphatic rings. The molecule has 0 amide bonds. The zero-order valence-corrected chi connectivity index (χ0v) is 12.7.